The van der Waals surface area contributed by atoms with E-state index in [1.165, 1.54) is 15.9 Å². The van der Waals surface area contributed by atoms with Crippen molar-refractivity contribution in [3.63, 3.8) is 0 Å². The van der Waals surface area contributed by atoms with Crippen LogP contribution in [0.3, 0.4) is 0 Å². The van der Waals surface area contributed by atoms with Crippen molar-refractivity contribution in [2.45, 2.75) is 43.9 Å². The topological polar surface area (TPSA) is 79.0 Å². The zero-order chi connectivity index (χ0) is 23.4. The number of rotatable bonds is 6. The van der Waals surface area contributed by atoms with Crippen molar-refractivity contribution in [2.75, 3.05) is 49.6 Å². The van der Waals surface area contributed by atoms with Gasteiger partial charge in [-0.2, -0.15) is 4.31 Å². The van der Waals surface area contributed by atoms with Crippen LogP contribution in [0.5, 0.6) is 0 Å². The Bertz CT molecular complexity index is 1070. The molecule has 0 aromatic heterocycles. The maximum absolute atomic E-state index is 13.4. The van der Waals surface area contributed by atoms with Crippen LogP contribution in [-0.2, 0) is 14.8 Å². The van der Waals surface area contributed by atoms with Crippen LogP contribution in [0.4, 0.5) is 11.4 Å². The van der Waals surface area contributed by atoms with E-state index < -0.39 is 10.0 Å². The second-order valence-corrected chi connectivity index (χ2v) is 10.9. The van der Waals surface area contributed by atoms with Gasteiger partial charge in [-0.05, 0) is 54.7 Å². The van der Waals surface area contributed by atoms with Gasteiger partial charge in [0.25, 0.3) is 5.91 Å². The molecule has 4 rings (SSSR count). The van der Waals surface area contributed by atoms with Gasteiger partial charge in [0.05, 0.1) is 23.7 Å². The van der Waals surface area contributed by atoms with E-state index in [4.69, 9.17) is 4.74 Å². The number of piperidine rings is 1. The number of sulfonamides is 1. The maximum atomic E-state index is 13.4. The Morgan fingerprint density at radius 3 is 2.24 bits per heavy atom. The lowest BCUT2D eigenvalue weighted by Crippen LogP contribution is -2.38. The van der Waals surface area contributed by atoms with Crippen LogP contribution in [0, 0.1) is 0 Å². The molecule has 2 heterocycles. The number of hydrogen-bond donors (Lipinski definition) is 1. The minimum absolute atomic E-state index is 0.168. The Balaban J connectivity index is 1.66. The minimum atomic E-state index is -3.64. The maximum Gasteiger partial charge on any atom is 0.257 e. The van der Waals surface area contributed by atoms with E-state index in [0.717, 1.165) is 24.9 Å². The van der Waals surface area contributed by atoms with Crippen molar-refractivity contribution in [3.8, 4) is 0 Å². The fraction of sp³-hybridized carbons (Fsp3) is 0.480. The zero-order valence-electron chi connectivity index (χ0n) is 19.4. The van der Waals surface area contributed by atoms with Crippen LogP contribution >= 0.6 is 0 Å². The van der Waals surface area contributed by atoms with Crippen molar-refractivity contribution in [1.82, 2.24) is 4.31 Å². The number of ether oxygens (including phenoxy) is 1. The fourth-order valence-electron chi connectivity index (χ4n) is 4.34. The van der Waals surface area contributed by atoms with Gasteiger partial charge in [0.15, 0.2) is 0 Å². The van der Waals surface area contributed by atoms with Crippen LogP contribution in [0.25, 0.3) is 0 Å². The molecule has 2 aliphatic heterocycles. The van der Waals surface area contributed by atoms with E-state index in [0.29, 0.717) is 56.6 Å². The molecule has 1 N–H and O–H groups in total. The summed E-state index contributed by atoms with van der Waals surface area (Å²) < 4.78 is 33.5. The lowest BCUT2D eigenvalue weighted by Gasteiger charge is -2.31. The summed E-state index contributed by atoms with van der Waals surface area (Å²) in [5.74, 6) is 0.0869. The third-order valence-corrected chi connectivity index (χ3v) is 8.25. The smallest absolute Gasteiger partial charge is 0.257 e. The molecule has 0 bridgehead atoms. The molecule has 0 aliphatic carbocycles. The molecule has 33 heavy (non-hydrogen) atoms. The Kier molecular flexibility index (Phi) is 7.36. The number of hydrogen-bond acceptors (Lipinski definition) is 5. The monoisotopic (exact) mass is 471 g/mol. The highest BCUT2D eigenvalue weighted by molar-refractivity contribution is 7.89. The highest BCUT2D eigenvalue weighted by atomic mass is 32.2. The van der Waals surface area contributed by atoms with Gasteiger partial charge < -0.3 is 15.0 Å². The summed E-state index contributed by atoms with van der Waals surface area (Å²) in [5.41, 5.74) is 2.97. The predicted molar refractivity (Wildman–Crippen MR) is 131 cm³/mol. The molecule has 0 spiro atoms. The predicted octanol–water partition coefficient (Wildman–Crippen LogP) is 4.07. The number of morpholine rings is 1. The van der Waals surface area contributed by atoms with E-state index in [-0.39, 0.29) is 10.8 Å². The number of carbonyl (C=O) groups excluding carboxylic acids is 1. The van der Waals surface area contributed by atoms with Gasteiger partial charge in [-0.25, -0.2) is 8.42 Å². The highest BCUT2D eigenvalue weighted by Gasteiger charge is 2.28. The molecule has 0 saturated carbocycles. The Labute approximate surface area is 196 Å². The SMILES string of the molecule is CC(C)c1ccc(NC(=O)c2cc(S(=O)(=O)N3CCCCC3)ccc2N2CCOCC2)cc1. The first kappa shape index (κ1) is 23.7. The number of nitrogens with zero attached hydrogens (tertiary/aromatic N) is 2. The lowest BCUT2D eigenvalue weighted by molar-refractivity contribution is 0.102. The van der Waals surface area contributed by atoms with Gasteiger partial charge in [0.1, 0.15) is 0 Å². The normalized spacial score (nSPS) is 17.8. The van der Waals surface area contributed by atoms with Crippen LogP contribution in [0.2, 0.25) is 0 Å². The van der Waals surface area contributed by atoms with Crippen molar-refractivity contribution >= 4 is 27.3 Å². The van der Waals surface area contributed by atoms with Crippen molar-refractivity contribution in [2.24, 2.45) is 0 Å². The second kappa shape index (κ2) is 10.2. The number of carbonyl (C=O) groups is 1. The molecule has 0 radical (unpaired) electrons. The third kappa shape index (κ3) is 5.39. The van der Waals surface area contributed by atoms with Gasteiger partial charge in [-0.15, -0.1) is 0 Å². The quantitative estimate of drug-likeness (QED) is 0.687. The van der Waals surface area contributed by atoms with Gasteiger partial charge in [0.2, 0.25) is 10.0 Å². The molecule has 7 nitrogen and oxygen atoms in total. The van der Waals surface area contributed by atoms with Crippen molar-refractivity contribution in [1.29, 1.82) is 0 Å². The Morgan fingerprint density at radius 2 is 1.61 bits per heavy atom. The van der Waals surface area contributed by atoms with E-state index in [2.05, 4.69) is 24.1 Å². The number of amides is 1. The first-order valence-corrected chi connectivity index (χ1v) is 13.2. The first-order chi connectivity index (χ1) is 15.9. The molecule has 2 aromatic rings. The molecule has 2 aliphatic rings. The number of anilines is 2. The highest BCUT2D eigenvalue weighted by Crippen LogP contribution is 2.29. The molecular weight excluding hydrogens is 438 g/mol. The van der Waals surface area contributed by atoms with Crippen LogP contribution in [0.1, 0.15) is 54.9 Å². The van der Waals surface area contributed by atoms with E-state index >= 15 is 0 Å². The summed E-state index contributed by atoms with van der Waals surface area (Å²) in [4.78, 5) is 15.6. The van der Waals surface area contributed by atoms with Crippen LogP contribution in [0.15, 0.2) is 47.4 Å². The Hall–Kier alpha value is -2.42. The summed E-state index contributed by atoms with van der Waals surface area (Å²) >= 11 is 0. The van der Waals surface area contributed by atoms with E-state index in [9.17, 15) is 13.2 Å². The summed E-state index contributed by atoms with van der Waals surface area (Å²) in [6, 6.07) is 12.7. The average molecular weight is 472 g/mol. The minimum Gasteiger partial charge on any atom is -0.378 e. The standard InChI is InChI=1S/C25H33N3O4S/c1-19(2)20-6-8-21(9-7-20)26-25(29)23-18-22(33(30,31)28-12-4-3-5-13-28)10-11-24(23)27-14-16-32-17-15-27/h6-11,18-19H,3-5,12-17H2,1-2H3,(H,26,29). The fourth-order valence-corrected chi connectivity index (χ4v) is 5.89. The molecule has 8 heteroatoms. The molecule has 2 fully saturated rings. The zero-order valence-corrected chi connectivity index (χ0v) is 20.2. The largest absolute Gasteiger partial charge is 0.378 e. The van der Waals surface area contributed by atoms with Gasteiger partial charge >= 0.3 is 0 Å². The number of nitrogens with one attached hydrogen (secondary N) is 1. The average Bonchev–Trinajstić information content (AvgIpc) is 2.85. The molecule has 0 unspecified atom stereocenters. The third-order valence-electron chi connectivity index (χ3n) is 6.35. The summed E-state index contributed by atoms with van der Waals surface area (Å²) in [6.07, 6.45) is 2.78. The molecule has 0 atom stereocenters. The number of benzene rings is 2. The lowest BCUT2D eigenvalue weighted by atomic mass is 10.0. The molecule has 2 aromatic carbocycles. The van der Waals surface area contributed by atoms with Gasteiger partial charge in [-0.3, -0.25) is 4.79 Å². The van der Waals surface area contributed by atoms with E-state index in [1.54, 1.807) is 12.1 Å². The van der Waals surface area contributed by atoms with Crippen molar-refractivity contribution in [3.05, 3.63) is 53.6 Å². The van der Waals surface area contributed by atoms with E-state index in [1.807, 2.05) is 24.3 Å². The molecule has 2 saturated heterocycles. The van der Waals surface area contributed by atoms with Gasteiger partial charge in [-0.1, -0.05) is 32.4 Å². The van der Waals surface area contributed by atoms with Crippen LogP contribution in [-0.4, -0.2) is 58.0 Å². The molecule has 178 valence electrons. The molecule has 1 amide bonds. The summed E-state index contributed by atoms with van der Waals surface area (Å²) in [5, 5.41) is 2.96. The van der Waals surface area contributed by atoms with Gasteiger partial charge in [0, 0.05) is 37.6 Å². The summed E-state index contributed by atoms with van der Waals surface area (Å²) in [7, 11) is -3.64. The second-order valence-electron chi connectivity index (χ2n) is 8.97. The Morgan fingerprint density at radius 1 is 0.939 bits per heavy atom. The van der Waals surface area contributed by atoms with Crippen molar-refractivity contribution < 1.29 is 17.9 Å². The first-order valence-electron chi connectivity index (χ1n) is 11.7. The van der Waals surface area contributed by atoms with Crippen LogP contribution < -0.4 is 10.2 Å². The molecular formula is C25H33N3O4S. The summed E-state index contributed by atoms with van der Waals surface area (Å²) in [6.45, 7) is 7.75.